The van der Waals surface area contributed by atoms with Gasteiger partial charge in [-0.3, -0.25) is 0 Å². The summed E-state index contributed by atoms with van der Waals surface area (Å²) in [5, 5.41) is 12.0. The molecule has 0 aliphatic carbocycles. The van der Waals surface area contributed by atoms with Crippen molar-refractivity contribution in [1.82, 2.24) is 20.2 Å². The lowest BCUT2D eigenvalue weighted by molar-refractivity contribution is 0.788. The van der Waals surface area contributed by atoms with Crippen LogP contribution in [-0.2, 0) is 0 Å². The van der Waals surface area contributed by atoms with Gasteiger partial charge >= 0.3 is 0 Å². The summed E-state index contributed by atoms with van der Waals surface area (Å²) in [6.45, 7) is 2.01. The van der Waals surface area contributed by atoms with Crippen LogP contribution in [0.2, 0.25) is 0 Å². The van der Waals surface area contributed by atoms with Crippen LogP contribution in [0.1, 0.15) is 5.56 Å². The SMILES string of the molecule is Cc1ccc(N)c(-c2nnnn2-c2cc(Br)ccc2Br)c1. The summed E-state index contributed by atoms with van der Waals surface area (Å²) in [4.78, 5) is 0. The van der Waals surface area contributed by atoms with Crippen molar-refractivity contribution in [3.63, 3.8) is 0 Å². The molecule has 21 heavy (non-hydrogen) atoms. The Morgan fingerprint density at radius 1 is 1.10 bits per heavy atom. The smallest absolute Gasteiger partial charge is 0.189 e. The predicted octanol–water partition coefficient (Wildman–Crippen LogP) is 3.74. The normalized spacial score (nSPS) is 10.8. The van der Waals surface area contributed by atoms with Crippen molar-refractivity contribution in [2.45, 2.75) is 6.92 Å². The minimum atomic E-state index is 0.606. The van der Waals surface area contributed by atoms with E-state index in [0.29, 0.717) is 11.5 Å². The summed E-state index contributed by atoms with van der Waals surface area (Å²) >= 11 is 6.98. The molecule has 2 N–H and O–H groups in total. The van der Waals surface area contributed by atoms with Crippen molar-refractivity contribution in [1.29, 1.82) is 0 Å². The number of benzene rings is 2. The number of nitrogens with two attached hydrogens (primary N) is 1. The van der Waals surface area contributed by atoms with Crippen LogP contribution in [0, 0.1) is 6.92 Å². The first kappa shape index (κ1) is 14.2. The number of hydrogen-bond acceptors (Lipinski definition) is 4. The molecule has 0 atom stereocenters. The molecule has 0 spiro atoms. The van der Waals surface area contributed by atoms with Crippen molar-refractivity contribution in [2.24, 2.45) is 0 Å². The molecule has 3 aromatic rings. The standard InChI is InChI=1S/C14H11Br2N5/c1-8-2-5-12(17)10(6-8)14-18-19-20-21(14)13-7-9(15)3-4-11(13)16/h2-7H,17H2,1H3. The van der Waals surface area contributed by atoms with Gasteiger partial charge in [0.1, 0.15) is 0 Å². The maximum absolute atomic E-state index is 6.07. The maximum atomic E-state index is 6.07. The molecule has 1 aromatic heterocycles. The summed E-state index contributed by atoms with van der Waals surface area (Å²) < 4.78 is 3.50. The molecule has 0 saturated heterocycles. The molecule has 0 saturated carbocycles. The number of aryl methyl sites for hydroxylation is 1. The summed E-state index contributed by atoms with van der Waals surface area (Å²) in [6, 6.07) is 11.6. The lowest BCUT2D eigenvalue weighted by atomic mass is 10.1. The van der Waals surface area contributed by atoms with Gasteiger partial charge in [-0.1, -0.05) is 27.6 Å². The van der Waals surface area contributed by atoms with Crippen LogP contribution in [0.3, 0.4) is 0 Å². The molecule has 3 rings (SSSR count). The third-order valence-corrected chi connectivity index (χ3v) is 4.22. The Morgan fingerprint density at radius 2 is 1.90 bits per heavy atom. The molecule has 0 radical (unpaired) electrons. The largest absolute Gasteiger partial charge is 0.398 e. The molecule has 0 unspecified atom stereocenters. The van der Waals surface area contributed by atoms with Gasteiger partial charge in [0, 0.05) is 20.2 Å². The summed E-state index contributed by atoms with van der Waals surface area (Å²) in [7, 11) is 0. The molecule has 0 bridgehead atoms. The maximum Gasteiger partial charge on any atom is 0.189 e. The lowest BCUT2D eigenvalue weighted by Gasteiger charge is -2.09. The number of hydrogen-bond donors (Lipinski definition) is 1. The van der Waals surface area contributed by atoms with Gasteiger partial charge in [-0.05, 0) is 63.6 Å². The molecular weight excluding hydrogens is 398 g/mol. The number of nitrogen functional groups attached to an aromatic ring is 1. The molecule has 0 aliphatic rings. The van der Waals surface area contributed by atoms with E-state index in [2.05, 4.69) is 47.4 Å². The Bertz CT molecular complexity index is 747. The Morgan fingerprint density at radius 3 is 2.71 bits per heavy atom. The quantitative estimate of drug-likeness (QED) is 0.655. The highest BCUT2D eigenvalue weighted by Gasteiger charge is 2.15. The van der Waals surface area contributed by atoms with Gasteiger partial charge in [-0.15, -0.1) is 5.10 Å². The van der Waals surface area contributed by atoms with Gasteiger partial charge < -0.3 is 5.73 Å². The van der Waals surface area contributed by atoms with Crippen molar-refractivity contribution < 1.29 is 0 Å². The molecule has 0 fully saturated rings. The average molecular weight is 409 g/mol. The lowest BCUT2D eigenvalue weighted by Crippen LogP contribution is -2.03. The van der Waals surface area contributed by atoms with Crippen molar-refractivity contribution in [2.75, 3.05) is 5.73 Å². The zero-order chi connectivity index (χ0) is 15.0. The Kier molecular flexibility index (Phi) is 3.77. The van der Waals surface area contributed by atoms with E-state index in [1.807, 2.05) is 43.3 Å². The van der Waals surface area contributed by atoms with Gasteiger partial charge in [0.15, 0.2) is 5.82 Å². The fraction of sp³-hybridized carbons (Fsp3) is 0.0714. The van der Waals surface area contributed by atoms with Crippen LogP contribution in [-0.4, -0.2) is 20.2 Å². The summed E-state index contributed by atoms with van der Waals surface area (Å²) in [5.74, 6) is 0.606. The molecule has 2 aromatic carbocycles. The number of tetrazole rings is 1. The van der Waals surface area contributed by atoms with E-state index in [4.69, 9.17) is 5.73 Å². The zero-order valence-electron chi connectivity index (χ0n) is 11.1. The highest BCUT2D eigenvalue weighted by atomic mass is 79.9. The first-order valence-electron chi connectivity index (χ1n) is 6.16. The van der Waals surface area contributed by atoms with E-state index >= 15 is 0 Å². The van der Waals surface area contributed by atoms with Gasteiger partial charge in [-0.2, -0.15) is 4.68 Å². The van der Waals surface area contributed by atoms with Gasteiger partial charge in [-0.25, -0.2) is 0 Å². The van der Waals surface area contributed by atoms with Gasteiger partial charge in [0.2, 0.25) is 0 Å². The second kappa shape index (κ2) is 5.57. The van der Waals surface area contributed by atoms with E-state index in [9.17, 15) is 0 Å². The monoisotopic (exact) mass is 407 g/mol. The number of anilines is 1. The minimum absolute atomic E-state index is 0.606. The highest BCUT2D eigenvalue weighted by Crippen LogP contribution is 2.30. The summed E-state index contributed by atoms with van der Waals surface area (Å²) in [5.41, 5.74) is 9.46. The molecule has 106 valence electrons. The van der Waals surface area contributed by atoms with Gasteiger partial charge in [0.05, 0.1) is 5.69 Å². The predicted molar refractivity (Wildman–Crippen MR) is 89.1 cm³/mol. The number of aromatic nitrogens is 4. The summed E-state index contributed by atoms with van der Waals surface area (Å²) in [6.07, 6.45) is 0. The second-order valence-electron chi connectivity index (χ2n) is 4.60. The van der Waals surface area contributed by atoms with Crippen molar-refractivity contribution >= 4 is 37.5 Å². The van der Waals surface area contributed by atoms with Crippen LogP contribution in [0.25, 0.3) is 17.1 Å². The van der Waals surface area contributed by atoms with Crippen molar-refractivity contribution in [3.8, 4) is 17.1 Å². The number of rotatable bonds is 2. The fourth-order valence-corrected chi connectivity index (χ4v) is 2.79. The van der Waals surface area contributed by atoms with Crippen LogP contribution < -0.4 is 5.73 Å². The van der Waals surface area contributed by atoms with E-state index in [-0.39, 0.29) is 0 Å². The molecular formula is C14H11Br2N5. The highest BCUT2D eigenvalue weighted by molar-refractivity contribution is 9.11. The van der Waals surface area contributed by atoms with Crippen LogP contribution in [0.5, 0.6) is 0 Å². The van der Waals surface area contributed by atoms with Crippen molar-refractivity contribution in [3.05, 3.63) is 50.9 Å². The second-order valence-corrected chi connectivity index (χ2v) is 6.37. The first-order valence-corrected chi connectivity index (χ1v) is 7.75. The third-order valence-electron chi connectivity index (χ3n) is 3.06. The Balaban J connectivity index is 2.22. The average Bonchev–Trinajstić information content (AvgIpc) is 2.93. The third kappa shape index (κ3) is 2.71. The van der Waals surface area contributed by atoms with Crippen LogP contribution in [0.4, 0.5) is 5.69 Å². The zero-order valence-corrected chi connectivity index (χ0v) is 14.3. The molecule has 7 heteroatoms. The Hall–Kier alpha value is -1.73. The van der Waals surface area contributed by atoms with E-state index < -0.39 is 0 Å². The van der Waals surface area contributed by atoms with Gasteiger partial charge in [0.25, 0.3) is 0 Å². The van der Waals surface area contributed by atoms with E-state index in [1.165, 1.54) is 0 Å². The molecule has 5 nitrogen and oxygen atoms in total. The minimum Gasteiger partial charge on any atom is -0.398 e. The molecule has 0 amide bonds. The van der Waals surface area contributed by atoms with Crippen LogP contribution >= 0.6 is 31.9 Å². The van der Waals surface area contributed by atoms with E-state index in [0.717, 1.165) is 25.8 Å². The fourth-order valence-electron chi connectivity index (χ4n) is 2.03. The number of nitrogens with zero attached hydrogens (tertiary/aromatic N) is 4. The van der Waals surface area contributed by atoms with E-state index in [1.54, 1.807) is 4.68 Å². The number of halogens is 2. The Labute approximate surface area is 138 Å². The molecule has 0 aliphatic heterocycles. The molecule has 1 heterocycles. The van der Waals surface area contributed by atoms with Crippen LogP contribution in [0.15, 0.2) is 45.3 Å². The topological polar surface area (TPSA) is 69.6 Å². The first-order chi connectivity index (χ1) is 10.1.